The van der Waals surface area contributed by atoms with Crippen LogP contribution in [0.25, 0.3) is 0 Å². The summed E-state index contributed by atoms with van der Waals surface area (Å²) in [6, 6.07) is 16.1. The highest BCUT2D eigenvalue weighted by atomic mass is 16.6. The van der Waals surface area contributed by atoms with E-state index in [9.17, 15) is 14.9 Å². The molecule has 0 atom stereocenters. The van der Waals surface area contributed by atoms with Crippen LogP contribution >= 0.6 is 0 Å². The number of nitrogens with one attached hydrogen (secondary N) is 3. The lowest BCUT2D eigenvalue weighted by Gasteiger charge is -2.12. The Morgan fingerprint density at radius 3 is 2.48 bits per heavy atom. The third-order valence-corrected chi connectivity index (χ3v) is 3.84. The minimum Gasteiger partial charge on any atom is -0.484 e. The number of hydrazine groups is 1. The molecule has 0 saturated heterocycles. The zero-order valence-corrected chi connectivity index (χ0v) is 15.5. The molecule has 0 fully saturated rings. The molecule has 0 unspecified atom stereocenters. The predicted octanol–water partition coefficient (Wildman–Crippen LogP) is 2.96. The van der Waals surface area contributed by atoms with Gasteiger partial charge in [-0.1, -0.05) is 36.4 Å². The van der Waals surface area contributed by atoms with Gasteiger partial charge in [-0.2, -0.15) is 0 Å². The number of carbonyl (C=O) groups is 1. The van der Waals surface area contributed by atoms with Crippen LogP contribution in [0.4, 0.5) is 23.0 Å². The van der Waals surface area contributed by atoms with Gasteiger partial charge in [-0.05, 0) is 30.7 Å². The topological polar surface area (TPSA) is 131 Å². The van der Waals surface area contributed by atoms with Gasteiger partial charge in [-0.15, -0.1) is 0 Å². The van der Waals surface area contributed by atoms with E-state index >= 15 is 0 Å². The lowest BCUT2D eigenvalue weighted by atomic mass is 10.2. The second kappa shape index (κ2) is 9.13. The molecule has 10 heteroatoms. The van der Waals surface area contributed by atoms with Crippen molar-refractivity contribution in [1.82, 2.24) is 15.4 Å². The zero-order valence-electron chi connectivity index (χ0n) is 15.5. The van der Waals surface area contributed by atoms with E-state index in [1.54, 1.807) is 36.4 Å². The number of hydrogen-bond acceptors (Lipinski definition) is 8. The molecule has 0 spiro atoms. The highest BCUT2D eigenvalue weighted by Gasteiger charge is 2.24. The minimum atomic E-state index is -0.629. The maximum absolute atomic E-state index is 12.0. The number of ether oxygens (including phenoxy) is 1. The number of amides is 1. The van der Waals surface area contributed by atoms with Gasteiger partial charge >= 0.3 is 5.69 Å². The smallest absolute Gasteiger partial charge is 0.355 e. The molecule has 29 heavy (non-hydrogen) atoms. The lowest BCUT2D eigenvalue weighted by molar-refractivity contribution is -0.383. The molecule has 10 nitrogen and oxygen atoms in total. The lowest BCUT2D eigenvalue weighted by Crippen LogP contribution is -2.34. The minimum absolute atomic E-state index is 0.00316. The van der Waals surface area contributed by atoms with Crippen molar-refractivity contribution in [2.75, 3.05) is 17.3 Å². The van der Waals surface area contributed by atoms with Crippen LogP contribution in [0.2, 0.25) is 0 Å². The Balaban J connectivity index is 1.69. The average Bonchev–Trinajstić information content (AvgIpc) is 2.73. The van der Waals surface area contributed by atoms with Crippen molar-refractivity contribution < 1.29 is 14.5 Å². The van der Waals surface area contributed by atoms with Gasteiger partial charge in [0.25, 0.3) is 5.91 Å². The fourth-order valence-corrected chi connectivity index (χ4v) is 2.41. The maximum Gasteiger partial charge on any atom is 0.355 e. The van der Waals surface area contributed by atoms with E-state index in [0.717, 1.165) is 11.9 Å². The summed E-state index contributed by atoms with van der Waals surface area (Å²) in [5.41, 5.74) is 5.94. The van der Waals surface area contributed by atoms with Crippen molar-refractivity contribution in [3.63, 3.8) is 0 Å². The summed E-state index contributed by atoms with van der Waals surface area (Å²) >= 11 is 0. The molecular formula is C19H18N6O4. The number of aromatic nitrogens is 2. The van der Waals surface area contributed by atoms with E-state index < -0.39 is 16.5 Å². The Kier molecular flexibility index (Phi) is 6.15. The van der Waals surface area contributed by atoms with Crippen LogP contribution in [0.15, 0.2) is 60.9 Å². The summed E-state index contributed by atoms with van der Waals surface area (Å²) in [6.07, 6.45) is 1.16. The Hall–Kier alpha value is -4.21. The second-order valence-electron chi connectivity index (χ2n) is 5.89. The van der Waals surface area contributed by atoms with Crippen LogP contribution in [0.5, 0.6) is 5.75 Å². The highest BCUT2D eigenvalue weighted by molar-refractivity contribution is 5.81. The number of rotatable bonds is 8. The standard InChI is InChI=1S/C19H18N6O4/c1-13-7-5-6-10-15(13)22-18-17(25(27)28)19(21-12-20-18)24-23-16(26)11-29-14-8-3-2-4-9-14/h2-10,12H,11H2,1H3,(H,23,26)(H2,20,21,22,24). The highest BCUT2D eigenvalue weighted by Crippen LogP contribution is 2.31. The Bertz CT molecular complexity index is 1010. The number of aryl methyl sites for hydroxylation is 1. The Labute approximate surface area is 166 Å². The monoisotopic (exact) mass is 394 g/mol. The number of nitrogens with zero attached hydrogens (tertiary/aromatic N) is 3. The van der Waals surface area contributed by atoms with Crippen LogP contribution in [0, 0.1) is 17.0 Å². The van der Waals surface area contributed by atoms with Gasteiger partial charge in [-0.3, -0.25) is 25.8 Å². The molecule has 0 bridgehead atoms. The van der Waals surface area contributed by atoms with Gasteiger partial charge < -0.3 is 10.1 Å². The SMILES string of the molecule is Cc1ccccc1Nc1ncnc(NNC(=O)COc2ccccc2)c1[N+](=O)[O-]. The van der Waals surface area contributed by atoms with Gasteiger partial charge in [0.05, 0.1) is 4.92 Å². The first-order chi connectivity index (χ1) is 14.0. The largest absolute Gasteiger partial charge is 0.484 e. The molecule has 0 radical (unpaired) electrons. The van der Waals surface area contributed by atoms with Gasteiger partial charge in [0.1, 0.15) is 12.1 Å². The molecule has 0 aliphatic rings. The molecule has 0 aliphatic carbocycles. The van der Waals surface area contributed by atoms with Crippen LogP contribution in [0.3, 0.4) is 0 Å². The summed E-state index contributed by atoms with van der Waals surface area (Å²) in [7, 11) is 0. The van der Waals surface area contributed by atoms with Crippen molar-refractivity contribution in [2.24, 2.45) is 0 Å². The number of para-hydroxylation sites is 2. The van der Waals surface area contributed by atoms with Crippen molar-refractivity contribution in [1.29, 1.82) is 0 Å². The van der Waals surface area contributed by atoms with Gasteiger partial charge in [0.2, 0.25) is 11.6 Å². The quantitative estimate of drug-likeness (QED) is 0.392. The molecule has 2 aromatic carbocycles. The number of anilines is 3. The van der Waals surface area contributed by atoms with Crippen LogP contribution in [-0.4, -0.2) is 27.4 Å². The van der Waals surface area contributed by atoms with Crippen molar-refractivity contribution in [2.45, 2.75) is 6.92 Å². The molecule has 0 saturated carbocycles. The molecule has 148 valence electrons. The summed E-state index contributed by atoms with van der Waals surface area (Å²) < 4.78 is 5.32. The normalized spacial score (nSPS) is 10.1. The fourth-order valence-electron chi connectivity index (χ4n) is 2.41. The van der Waals surface area contributed by atoms with E-state index in [4.69, 9.17) is 4.74 Å². The molecule has 1 heterocycles. The predicted molar refractivity (Wildman–Crippen MR) is 107 cm³/mol. The van der Waals surface area contributed by atoms with Crippen LogP contribution < -0.4 is 20.9 Å². The Morgan fingerprint density at radius 2 is 1.76 bits per heavy atom. The average molecular weight is 394 g/mol. The van der Waals surface area contributed by atoms with E-state index in [1.807, 2.05) is 25.1 Å². The molecule has 3 rings (SSSR count). The summed E-state index contributed by atoms with van der Waals surface area (Å²) in [6.45, 7) is 1.59. The van der Waals surface area contributed by atoms with E-state index in [2.05, 4.69) is 26.1 Å². The van der Waals surface area contributed by atoms with E-state index in [0.29, 0.717) is 11.4 Å². The summed E-state index contributed by atoms with van der Waals surface area (Å²) in [5, 5.41) is 14.5. The third kappa shape index (κ3) is 5.16. The number of nitro groups is 1. The first kappa shape index (κ1) is 19.5. The van der Waals surface area contributed by atoms with Crippen molar-refractivity contribution >= 4 is 28.9 Å². The molecule has 1 amide bonds. The molecular weight excluding hydrogens is 376 g/mol. The van der Waals surface area contributed by atoms with Crippen LogP contribution in [0.1, 0.15) is 5.56 Å². The zero-order chi connectivity index (χ0) is 20.6. The second-order valence-corrected chi connectivity index (χ2v) is 5.89. The molecule has 3 aromatic rings. The van der Waals surface area contributed by atoms with Gasteiger partial charge in [-0.25, -0.2) is 9.97 Å². The third-order valence-electron chi connectivity index (χ3n) is 3.84. The van der Waals surface area contributed by atoms with E-state index in [-0.39, 0.29) is 18.2 Å². The maximum atomic E-state index is 12.0. The summed E-state index contributed by atoms with van der Waals surface area (Å²) in [5.74, 6) is -0.165. The van der Waals surface area contributed by atoms with Gasteiger partial charge in [0, 0.05) is 5.69 Å². The Morgan fingerprint density at radius 1 is 1.07 bits per heavy atom. The first-order valence-electron chi connectivity index (χ1n) is 8.59. The van der Waals surface area contributed by atoms with Crippen LogP contribution in [-0.2, 0) is 4.79 Å². The number of carbonyl (C=O) groups excluding carboxylic acids is 1. The molecule has 1 aromatic heterocycles. The number of benzene rings is 2. The van der Waals surface area contributed by atoms with Gasteiger partial charge in [0.15, 0.2) is 6.61 Å². The first-order valence-corrected chi connectivity index (χ1v) is 8.59. The number of hydrogen-bond donors (Lipinski definition) is 3. The van der Waals surface area contributed by atoms with Crippen molar-refractivity contribution in [3.8, 4) is 5.75 Å². The molecule has 0 aliphatic heterocycles. The summed E-state index contributed by atoms with van der Waals surface area (Å²) in [4.78, 5) is 30.7. The molecule has 3 N–H and O–H groups in total. The fraction of sp³-hybridized carbons (Fsp3) is 0.105. The van der Waals surface area contributed by atoms with Crippen molar-refractivity contribution in [3.05, 3.63) is 76.6 Å². The van der Waals surface area contributed by atoms with E-state index in [1.165, 1.54) is 0 Å².